The zero-order chi connectivity index (χ0) is 24.9. The van der Waals surface area contributed by atoms with Crippen molar-refractivity contribution in [1.82, 2.24) is 0 Å². The molecule has 0 aliphatic heterocycles. The second-order valence-electron chi connectivity index (χ2n) is 4.58. The number of hydrogen-bond donors (Lipinski definition) is 6. The Morgan fingerprint density at radius 1 is 0.344 bits per heavy atom. The maximum absolute atomic E-state index is 9.63. The number of aliphatic carboxylic acids is 6. The summed E-state index contributed by atoms with van der Waals surface area (Å²) in [4.78, 5) is 57.8. The minimum absolute atomic E-state index is 0. The predicted octanol–water partition coefficient (Wildman–Crippen LogP) is -14.4. The third-order valence-corrected chi connectivity index (χ3v) is 2.35. The second kappa shape index (κ2) is 19.5. The van der Waals surface area contributed by atoms with E-state index in [9.17, 15) is 59.4 Å². The quantitative estimate of drug-likeness (QED) is 0.127. The number of carbonyl (C=O) groups excluding carboxylic acids is 6. The zero-order valence-corrected chi connectivity index (χ0v) is 18.2. The Hall–Kier alpha value is -2.17. The van der Waals surface area contributed by atoms with Crippen LogP contribution in [0.15, 0.2) is 0 Å². The van der Waals surface area contributed by atoms with Crippen LogP contribution in [-0.4, -0.2) is 103 Å². The first-order valence-electron chi connectivity index (χ1n) is 6.73. The number of carbonyl (C=O) groups is 6. The van der Waals surface area contributed by atoms with Crippen LogP contribution >= 0.6 is 0 Å². The number of rotatable bonds is 9. The van der Waals surface area contributed by atoms with Crippen molar-refractivity contribution >= 4 is 35.8 Å². The Morgan fingerprint density at radius 3 is 0.438 bits per heavy atom. The van der Waals surface area contributed by atoms with Gasteiger partial charge in [-0.1, -0.05) is 0 Å². The Kier molecular flexibility index (Phi) is 24.5. The Balaban J connectivity index is -0.000000110. The molecule has 0 saturated carbocycles. The Labute approximate surface area is 201 Å². The van der Waals surface area contributed by atoms with Gasteiger partial charge in [0.25, 0.3) is 0 Å². The molecule has 0 rings (SSSR count). The van der Waals surface area contributed by atoms with Gasteiger partial charge in [-0.25, -0.2) is 0 Å². The summed E-state index contributed by atoms with van der Waals surface area (Å²) in [5, 5.41) is 107. The number of hydrogen-bond acceptors (Lipinski definition) is 18. The van der Waals surface area contributed by atoms with Crippen molar-refractivity contribution in [2.45, 2.75) is 36.6 Å². The van der Waals surface area contributed by atoms with Gasteiger partial charge in [0, 0.05) is 0 Å². The van der Waals surface area contributed by atoms with Gasteiger partial charge in [-0.15, -0.1) is 0 Å². The topological polar surface area (TPSA) is 362 Å². The van der Waals surface area contributed by atoms with Crippen LogP contribution in [-0.2, 0) is 67.7 Å². The van der Waals surface area contributed by atoms with E-state index in [0.29, 0.717) is 0 Å². The first kappa shape index (κ1) is 40.2. The molecule has 0 aromatic heterocycles. The summed E-state index contributed by atoms with van der Waals surface area (Å²) in [6.07, 6.45) is -14.6. The van der Waals surface area contributed by atoms with E-state index in [1.165, 1.54) is 0 Å². The molecular formula is C12H12O18Ru2. The molecule has 18 nitrogen and oxygen atoms in total. The summed E-state index contributed by atoms with van der Waals surface area (Å²) < 4.78 is 0. The average Bonchev–Trinajstić information content (AvgIpc) is 2.64. The molecule has 0 aliphatic carbocycles. The van der Waals surface area contributed by atoms with Gasteiger partial charge in [0.15, 0.2) is 0 Å². The number of aliphatic hydroxyl groups is 6. The van der Waals surface area contributed by atoms with E-state index in [2.05, 4.69) is 0 Å². The molecule has 6 unspecified atom stereocenters. The van der Waals surface area contributed by atoms with Crippen molar-refractivity contribution in [3.05, 3.63) is 0 Å². The summed E-state index contributed by atoms with van der Waals surface area (Å²) in [6.45, 7) is 0. The fourth-order valence-corrected chi connectivity index (χ4v) is 0.773. The standard InChI is InChI=1S/3C4H6O6.2Ru/c3*5-1(3(7)8)2(6)4(9)10;;/h3*1-2,5-6H,(H,7,8)(H,9,10);;/q;;;2*+3/p-6. The molecule has 0 aromatic rings. The van der Waals surface area contributed by atoms with Gasteiger partial charge in [0.05, 0.1) is 35.8 Å². The SMILES string of the molecule is O=C([O-])C(O)C(O)C(=O)[O-].O=C([O-])C(O)C(O)C(=O)[O-].O=C([O-])C(O)C(O)C(=O)[O-].[Ru+3].[Ru+3]. The third kappa shape index (κ3) is 17.5. The number of carboxylic acids is 6. The Bertz CT molecular complexity index is 498. The van der Waals surface area contributed by atoms with Crippen molar-refractivity contribution in [2.75, 3.05) is 0 Å². The van der Waals surface area contributed by atoms with Crippen LogP contribution in [0.1, 0.15) is 0 Å². The maximum Gasteiger partial charge on any atom is 3.00 e. The molecule has 0 aromatic carbocycles. The molecule has 0 amide bonds. The summed E-state index contributed by atoms with van der Waals surface area (Å²) in [5.41, 5.74) is 0. The van der Waals surface area contributed by atoms with Gasteiger partial charge < -0.3 is 90.0 Å². The first-order valence-corrected chi connectivity index (χ1v) is 6.73. The van der Waals surface area contributed by atoms with Gasteiger partial charge >= 0.3 is 39.0 Å². The van der Waals surface area contributed by atoms with Crippen LogP contribution in [0.4, 0.5) is 0 Å². The molecule has 32 heavy (non-hydrogen) atoms. The Morgan fingerprint density at radius 2 is 0.406 bits per heavy atom. The van der Waals surface area contributed by atoms with Crippen LogP contribution in [0.3, 0.4) is 0 Å². The predicted molar refractivity (Wildman–Crippen MR) is 66.1 cm³/mol. The molecule has 6 N–H and O–H groups in total. The van der Waals surface area contributed by atoms with Gasteiger partial charge in [0.1, 0.15) is 36.6 Å². The van der Waals surface area contributed by atoms with Crippen LogP contribution in [0.25, 0.3) is 0 Å². The molecule has 0 heterocycles. The molecule has 0 aliphatic rings. The number of carboxylic acid groups (broad SMARTS) is 6. The third-order valence-electron chi connectivity index (χ3n) is 2.35. The van der Waals surface area contributed by atoms with Crippen LogP contribution in [0.2, 0.25) is 0 Å². The van der Waals surface area contributed by atoms with Crippen molar-refractivity contribution in [1.29, 1.82) is 0 Å². The van der Waals surface area contributed by atoms with Gasteiger partial charge in [0.2, 0.25) is 0 Å². The first-order chi connectivity index (χ1) is 13.4. The van der Waals surface area contributed by atoms with E-state index in [4.69, 9.17) is 30.6 Å². The normalized spacial score (nSPS) is 14.8. The molecule has 6 atom stereocenters. The average molecular weight is 646 g/mol. The van der Waals surface area contributed by atoms with Crippen LogP contribution < -0.4 is 30.6 Å². The van der Waals surface area contributed by atoms with Gasteiger partial charge in [-0.05, 0) is 0 Å². The van der Waals surface area contributed by atoms with Crippen LogP contribution in [0.5, 0.6) is 0 Å². The van der Waals surface area contributed by atoms with Crippen molar-refractivity contribution < 1.29 is 129 Å². The maximum atomic E-state index is 9.63. The summed E-state index contributed by atoms with van der Waals surface area (Å²) in [6, 6.07) is 0. The molecule has 184 valence electrons. The van der Waals surface area contributed by atoms with Gasteiger partial charge in [-0.2, -0.15) is 0 Å². The summed E-state index contributed by atoms with van der Waals surface area (Å²) in [5.74, 6) is -12.4. The minimum Gasteiger partial charge on any atom is -0.547 e. The molecule has 0 fully saturated rings. The van der Waals surface area contributed by atoms with Crippen molar-refractivity contribution in [2.24, 2.45) is 0 Å². The second-order valence-corrected chi connectivity index (χ2v) is 4.58. The zero-order valence-electron chi connectivity index (χ0n) is 14.8. The summed E-state index contributed by atoms with van der Waals surface area (Å²) >= 11 is 0. The fraction of sp³-hybridized carbons (Fsp3) is 0.500. The van der Waals surface area contributed by atoms with Gasteiger partial charge in [-0.3, -0.25) is 0 Å². The van der Waals surface area contributed by atoms with E-state index in [1.807, 2.05) is 0 Å². The molecule has 2 radical (unpaired) electrons. The smallest absolute Gasteiger partial charge is 0.547 e. The van der Waals surface area contributed by atoms with Crippen LogP contribution in [0, 0.1) is 0 Å². The van der Waals surface area contributed by atoms with E-state index >= 15 is 0 Å². The molecular weight excluding hydrogens is 634 g/mol. The van der Waals surface area contributed by atoms with E-state index in [-0.39, 0.29) is 39.0 Å². The monoisotopic (exact) mass is 648 g/mol. The van der Waals surface area contributed by atoms with Crippen molar-refractivity contribution in [3.8, 4) is 0 Å². The fourth-order valence-electron chi connectivity index (χ4n) is 0.773. The largest absolute Gasteiger partial charge is 3.00 e. The van der Waals surface area contributed by atoms with Crippen molar-refractivity contribution in [3.63, 3.8) is 0 Å². The molecule has 0 saturated heterocycles. The molecule has 20 heteroatoms. The van der Waals surface area contributed by atoms with E-state index in [0.717, 1.165) is 0 Å². The molecule has 0 spiro atoms. The summed E-state index contributed by atoms with van der Waals surface area (Å²) in [7, 11) is 0. The number of aliphatic hydroxyl groups excluding tert-OH is 6. The van der Waals surface area contributed by atoms with E-state index < -0.39 is 72.4 Å². The molecule has 0 bridgehead atoms. The minimum atomic E-state index is -2.44. The van der Waals surface area contributed by atoms with E-state index in [1.54, 1.807) is 0 Å².